The van der Waals surface area contributed by atoms with Crippen molar-refractivity contribution in [2.75, 3.05) is 37.0 Å². The number of carbonyl (C=O) groups is 1. The number of ether oxygens (including phenoxy) is 1. The first-order chi connectivity index (χ1) is 18.0. The number of aromatic nitrogens is 3. The molecule has 8 nitrogen and oxygen atoms in total. The van der Waals surface area contributed by atoms with Gasteiger partial charge in [-0.05, 0) is 63.8 Å². The molecule has 1 amide bonds. The number of hydrogen-bond donors (Lipinski definition) is 1. The summed E-state index contributed by atoms with van der Waals surface area (Å²) in [4.78, 5) is 23.0. The monoisotopic (exact) mass is 504 g/mol. The summed E-state index contributed by atoms with van der Waals surface area (Å²) in [6, 6.07) is 8.64. The number of amides is 1. The van der Waals surface area contributed by atoms with E-state index in [1.807, 2.05) is 27.9 Å². The number of fused-ring (bicyclic) bond motifs is 1. The molecule has 1 N–H and O–H groups in total. The second-order valence-corrected chi connectivity index (χ2v) is 10.6. The molecule has 37 heavy (non-hydrogen) atoms. The topological polar surface area (TPSA) is 75.5 Å². The maximum Gasteiger partial charge on any atom is 0.257 e. The first-order valence-electron chi connectivity index (χ1n) is 13.8. The summed E-state index contributed by atoms with van der Waals surface area (Å²) in [6.07, 6.45) is 10.0. The first kappa shape index (κ1) is 25.4. The van der Waals surface area contributed by atoms with Crippen molar-refractivity contribution >= 4 is 28.3 Å². The van der Waals surface area contributed by atoms with Crippen LogP contribution in [0.15, 0.2) is 36.7 Å². The van der Waals surface area contributed by atoms with Crippen molar-refractivity contribution < 1.29 is 9.53 Å². The van der Waals surface area contributed by atoms with Gasteiger partial charge in [-0.1, -0.05) is 19.3 Å². The Labute approximate surface area is 220 Å². The van der Waals surface area contributed by atoms with Crippen LogP contribution in [0.25, 0.3) is 11.0 Å². The van der Waals surface area contributed by atoms with E-state index in [1.54, 1.807) is 13.3 Å². The van der Waals surface area contributed by atoms with Gasteiger partial charge < -0.3 is 19.9 Å². The van der Waals surface area contributed by atoms with Crippen molar-refractivity contribution in [3.05, 3.63) is 42.2 Å². The van der Waals surface area contributed by atoms with E-state index in [-0.39, 0.29) is 18.0 Å². The number of carbonyl (C=O) groups excluding carboxylic acids is 1. The molecule has 0 bridgehead atoms. The summed E-state index contributed by atoms with van der Waals surface area (Å²) in [5.74, 6) is 1.51. The average molecular weight is 505 g/mol. The van der Waals surface area contributed by atoms with Gasteiger partial charge in [0.1, 0.15) is 5.75 Å². The van der Waals surface area contributed by atoms with Crippen molar-refractivity contribution in [2.45, 2.75) is 71.5 Å². The number of nitrogens with zero attached hydrogens (tertiary/aromatic N) is 5. The highest BCUT2D eigenvalue weighted by Gasteiger charge is 2.31. The van der Waals surface area contributed by atoms with E-state index < -0.39 is 0 Å². The fourth-order valence-corrected chi connectivity index (χ4v) is 6.03. The van der Waals surface area contributed by atoms with Gasteiger partial charge in [0.05, 0.1) is 29.9 Å². The molecule has 2 fully saturated rings. The number of piperazine rings is 1. The number of methoxy groups -OCH3 is 1. The number of rotatable bonds is 7. The molecule has 2 aliphatic rings. The maximum absolute atomic E-state index is 14.0. The normalized spacial score (nSPS) is 19.7. The Balaban J connectivity index is 1.39. The molecule has 8 heteroatoms. The van der Waals surface area contributed by atoms with Crippen molar-refractivity contribution in [3.8, 4) is 5.75 Å². The predicted molar refractivity (Wildman–Crippen MR) is 149 cm³/mol. The van der Waals surface area contributed by atoms with Crippen molar-refractivity contribution in [3.63, 3.8) is 0 Å². The lowest BCUT2D eigenvalue weighted by molar-refractivity contribution is 0.0727. The van der Waals surface area contributed by atoms with Crippen molar-refractivity contribution in [1.29, 1.82) is 0 Å². The molecule has 1 aromatic carbocycles. The van der Waals surface area contributed by atoms with Crippen molar-refractivity contribution in [2.24, 2.45) is 5.92 Å². The molecule has 3 aromatic rings. The van der Waals surface area contributed by atoms with Crippen LogP contribution in [0.1, 0.15) is 63.2 Å². The minimum absolute atomic E-state index is 0.0400. The van der Waals surface area contributed by atoms with E-state index in [4.69, 9.17) is 9.72 Å². The van der Waals surface area contributed by atoms with Crippen LogP contribution in [0.2, 0.25) is 0 Å². The van der Waals surface area contributed by atoms with Gasteiger partial charge in [-0.15, -0.1) is 0 Å². The zero-order chi connectivity index (χ0) is 25.9. The number of aryl methyl sites for hydroxylation is 1. The summed E-state index contributed by atoms with van der Waals surface area (Å²) in [7, 11) is 1.68. The SMILES string of the molecule is CCn1ncc2c(NC(C)C3CCCCC3)c(C(=O)N3CCN(c4ccc(OC)cc4)C(C)C3)cnc21. The lowest BCUT2D eigenvalue weighted by Gasteiger charge is -2.41. The first-order valence-corrected chi connectivity index (χ1v) is 13.8. The average Bonchev–Trinajstić information content (AvgIpc) is 3.37. The van der Waals surface area contributed by atoms with Crippen LogP contribution >= 0.6 is 0 Å². The van der Waals surface area contributed by atoms with Crippen LogP contribution in [0, 0.1) is 5.92 Å². The molecule has 1 saturated heterocycles. The smallest absolute Gasteiger partial charge is 0.257 e. The molecule has 1 saturated carbocycles. The van der Waals surface area contributed by atoms with Gasteiger partial charge in [0.15, 0.2) is 5.65 Å². The Morgan fingerprint density at radius 1 is 1.14 bits per heavy atom. The van der Waals surface area contributed by atoms with Gasteiger partial charge in [0.2, 0.25) is 0 Å². The largest absolute Gasteiger partial charge is 0.497 e. The molecule has 198 valence electrons. The van der Waals surface area contributed by atoms with Crippen LogP contribution in [-0.2, 0) is 6.54 Å². The number of nitrogens with one attached hydrogen (secondary N) is 1. The van der Waals surface area contributed by atoms with E-state index in [2.05, 4.69) is 48.2 Å². The highest BCUT2D eigenvalue weighted by Crippen LogP contribution is 2.33. The Kier molecular flexibility index (Phi) is 7.53. The van der Waals surface area contributed by atoms with Gasteiger partial charge >= 0.3 is 0 Å². The molecule has 1 aliphatic carbocycles. The van der Waals surface area contributed by atoms with Crippen molar-refractivity contribution in [1.82, 2.24) is 19.7 Å². The fraction of sp³-hybridized carbons (Fsp3) is 0.552. The molecule has 2 unspecified atom stereocenters. The summed E-state index contributed by atoms with van der Waals surface area (Å²) < 4.78 is 7.21. The van der Waals surface area contributed by atoms with E-state index >= 15 is 0 Å². The Morgan fingerprint density at radius 2 is 1.89 bits per heavy atom. The summed E-state index contributed by atoms with van der Waals surface area (Å²) in [5, 5.41) is 9.25. The number of hydrogen-bond acceptors (Lipinski definition) is 6. The third kappa shape index (κ3) is 5.11. The van der Waals surface area contributed by atoms with E-state index in [0.29, 0.717) is 24.6 Å². The van der Waals surface area contributed by atoms with E-state index in [1.165, 1.54) is 32.1 Å². The number of benzene rings is 1. The molecule has 1 aliphatic heterocycles. The van der Waals surface area contributed by atoms with Crippen LogP contribution in [0.4, 0.5) is 11.4 Å². The standard InChI is InChI=1S/C29H40N6O2/c1-5-35-28-25(18-31-35)27(32-21(3)22-9-7-6-8-10-22)26(17-30-28)29(36)33-15-16-34(20(2)19-33)23-11-13-24(37-4)14-12-23/h11-14,17-18,20-22H,5-10,15-16,19H2,1-4H3,(H,30,32). The van der Waals surface area contributed by atoms with Crippen LogP contribution in [0.5, 0.6) is 5.75 Å². The fourth-order valence-electron chi connectivity index (χ4n) is 6.03. The maximum atomic E-state index is 14.0. The number of pyridine rings is 1. The molecule has 5 rings (SSSR count). The van der Waals surface area contributed by atoms with Gasteiger partial charge in [-0.25, -0.2) is 9.67 Å². The lowest BCUT2D eigenvalue weighted by Crippen LogP contribution is -2.53. The second-order valence-electron chi connectivity index (χ2n) is 10.6. The highest BCUT2D eigenvalue weighted by molar-refractivity contribution is 6.06. The van der Waals surface area contributed by atoms with Gasteiger partial charge in [0.25, 0.3) is 5.91 Å². The zero-order valence-electron chi connectivity index (χ0n) is 22.6. The Bertz CT molecular complexity index is 1220. The van der Waals surface area contributed by atoms with Crippen LogP contribution < -0.4 is 15.0 Å². The molecule has 0 radical (unpaired) electrons. The summed E-state index contributed by atoms with van der Waals surface area (Å²) in [5.41, 5.74) is 3.52. The van der Waals surface area contributed by atoms with E-state index in [0.717, 1.165) is 41.2 Å². The molecule has 2 aromatic heterocycles. The molecule has 0 spiro atoms. The predicted octanol–water partition coefficient (Wildman–Crippen LogP) is 5.19. The molecule has 3 heterocycles. The Morgan fingerprint density at radius 3 is 2.57 bits per heavy atom. The van der Waals surface area contributed by atoms with Gasteiger partial charge in [-0.2, -0.15) is 5.10 Å². The zero-order valence-corrected chi connectivity index (χ0v) is 22.6. The minimum atomic E-state index is 0.0400. The van der Waals surface area contributed by atoms with Gasteiger partial charge in [0, 0.05) is 50.1 Å². The lowest BCUT2D eigenvalue weighted by atomic mass is 9.84. The van der Waals surface area contributed by atoms with E-state index in [9.17, 15) is 4.79 Å². The summed E-state index contributed by atoms with van der Waals surface area (Å²) >= 11 is 0. The van der Waals surface area contributed by atoms with Crippen LogP contribution in [0.3, 0.4) is 0 Å². The third-order valence-corrected chi connectivity index (χ3v) is 8.24. The molecular formula is C29H40N6O2. The highest BCUT2D eigenvalue weighted by atomic mass is 16.5. The number of anilines is 2. The second kappa shape index (κ2) is 11.0. The molecular weight excluding hydrogens is 464 g/mol. The molecule has 2 atom stereocenters. The summed E-state index contributed by atoms with van der Waals surface area (Å²) in [6.45, 7) is 9.36. The Hall–Kier alpha value is -3.29. The van der Waals surface area contributed by atoms with Crippen LogP contribution in [-0.4, -0.2) is 64.4 Å². The quantitative estimate of drug-likeness (QED) is 0.477. The minimum Gasteiger partial charge on any atom is -0.497 e. The van der Waals surface area contributed by atoms with Gasteiger partial charge in [-0.3, -0.25) is 4.79 Å². The third-order valence-electron chi connectivity index (χ3n) is 8.24.